The number of hydrogen-bond acceptors (Lipinski definition) is 4. The van der Waals surface area contributed by atoms with Gasteiger partial charge in [0.2, 0.25) is 0 Å². The predicted octanol–water partition coefficient (Wildman–Crippen LogP) is 5.12. The van der Waals surface area contributed by atoms with Crippen molar-refractivity contribution in [1.29, 1.82) is 5.26 Å². The molecule has 1 N–H and O–H groups in total. The van der Waals surface area contributed by atoms with Crippen LogP contribution in [0.1, 0.15) is 12.5 Å². The Balaban J connectivity index is 1.49. The monoisotopic (exact) mass is 387 g/mol. The summed E-state index contributed by atoms with van der Waals surface area (Å²) in [5, 5.41) is 19.9. The molecule has 0 amide bonds. The minimum absolute atomic E-state index is 0.157. The number of pyridine rings is 1. The third-order valence-corrected chi connectivity index (χ3v) is 4.87. The first-order valence-electron chi connectivity index (χ1n) is 8.97. The Labute approximate surface area is 168 Å². The molecule has 0 aliphatic rings. The second-order valence-electron chi connectivity index (χ2n) is 6.68. The Kier molecular flexibility index (Phi) is 4.96. The standard InChI is InChI=1S/C22H18ClN5/c1-15(26-22-13-25-12-18-4-2-3-5-19(18)22)14-28-9-8-21(27-28)16-6-7-17(11-24)20(23)10-16/h2-10,12-13,15,26H,14H2,1H3/t15-/m0/s1. The maximum atomic E-state index is 9.00. The summed E-state index contributed by atoms with van der Waals surface area (Å²) in [7, 11) is 0. The third kappa shape index (κ3) is 3.68. The average molecular weight is 388 g/mol. The van der Waals surface area contributed by atoms with Gasteiger partial charge in [0, 0.05) is 34.8 Å². The number of hydrogen-bond donors (Lipinski definition) is 1. The second kappa shape index (κ2) is 7.71. The lowest BCUT2D eigenvalue weighted by atomic mass is 10.1. The summed E-state index contributed by atoms with van der Waals surface area (Å²) in [6, 6.07) is 17.7. The molecule has 2 aromatic carbocycles. The van der Waals surface area contributed by atoms with E-state index < -0.39 is 0 Å². The van der Waals surface area contributed by atoms with Gasteiger partial charge < -0.3 is 5.32 Å². The Bertz CT molecular complexity index is 1170. The summed E-state index contributed by atoms with van der Waals surface area (Å²) in [5.74, 6) is 0. The molecule has 4 rings (SSSR count). The second-order valence-corrected chi connectivity index (χ2v) is 7.09. The molecule has 0 aliphatic carbocycles. The summed E-state index contributed by atoms with van der Waals surface area (Å²) in [5.41, 5.74) is 3.19. The molecule has 2 aromatic heterocycles. The van der Waals surface area contributed by atoms with Crippen LogP contribution in [0, 0.1) is 11.3 Å². The molecule has 4 aromatic rings. The number of anilines is 1. The van der Waals surface area contributed by atoms with Crippen LogP contribution >= 0.6 is 11.6 Å². The highest BCUT2D eigenvalue weighted by atomic mass is 35.5. The molecule has 0 spiro atoms. The van der Waals surface area contributed by atoms with Crippen LogP contribution in [0.4, 0.5) is 5.69 Å². The van der Waals surface area contributed by atoms with E-state index in [9.17, 15) is 0 Å². The van der Waals surface area contributed by atoms with E-state index in [1.807, 2.05) is 47.5 Å². The number of nitrogens with zero attached hydrogens (tertiary/aromatic N) is 4. The molecule has 1 atom stereocenters. The number of fused-ring (bicyclic) bond motifs is 1. The molecule has 138 valence electrons. The molecule has 0 fully saturated rings. The molecule has 2 heterocycles. The van der Waals surface area contributed by atoms with E-state index in [-0.39, 0.29) is 6.04 Å². The van der Waals surface area contributed by atoms with E-state index in [1.54, 1.807) is 12.1 Å². The van der Waals surface area contributed by atoms with Crippen molar-refractivity contribution in [3.63, 3.8) is 0 Å². The molecule has 5 nitrogen and oxygen atoms in total. The number of benzene rings is 2. The Morgan fingerprint density at radius 3 is 2.86 bits per heavy atom. The average Bonchev–Trinajstić information content (AvgIpc) is 3.16. The number of nitrogens with one attached hydrogen (secondary N) is 1. The van der Waals surface area contributed by atoms with Gasteiger partial charge in [-0.25, -0.2) is 0 Å². The lowest BCUT2D eigenvalue weighted by molar-refractivity contribution is 0.562. The molecular formula is C22H18ClN5. The van der Waals surface area contributed by atoms with Crippen LogP contribution in [0.25, 0.3) is 22.0 Å². The van der Waals surface area contributed by atoms with Crippen molar-refractivity contribution in [1.82, 2.24) is 14.8 Å². The van der Waals surface area contributed by atoms with E-state index >= 15 is 0 Å². The highest BCUT2D eigenvalue weighted by molar-refractivity contribution is 6.32. The van der Waals surface area contributed by atoms with Crippen LogP contribution in [0.3, 0.4) is 0 Å². The number of nitriles is 1. The summed E-state index contributed by atoms with van der Waals surface area (Å²) in [4.78, 5) is 4.32. The summed E-state index contributed by atoms with van der Waals surface area (Å²) >= 11 is 6.14. The van der Waals surface area contributed by atoms with Gasteiger partial charge in [-0.15, -0.1) is 0 Å². The molecule has 0 unspecified atom stereocenters. The zero-order chi connectivity index (χ0) is 19.5. The minimum atomic E-state index is 0.157. The van der Waals surface area contributed by atoms with E-state index in [0.717, 1.165) is 27.7 Å². The summed E-state index contributed by atoms with van der Waals surface area (Å²) < 4.78 is 1.90. The molecule has 6 heteroatoms. The van der Waals surface area contributed by atoms with Crippen molar-refractivity contribution in [2.45, 2.75) is 19.5 Å². The SMILES string of the molecule is C[C@@H](Cn1ccc(-c2ccc(C#N)c(Cl)c2)n1)Nc1cncc2ccccc12. The van der Waals surface area contributed by atoms with Crippen LogP contribution in [0.5, 0.6) is 0 Å². The fraction of sp³-hybridized carbons (Fsp3) is 0.136. The van der Waals surface area contributed by atoms with E-state index in [0.29, 0.717) is 17.1 Å². The first-order chi connectivity index (χ1) is 13.6. The van der Waals surface area contributed by atoms with Crippen molar-refractivity contribution >= 4 is 28.1 Å². The first-order valence-corrected chi connectivity index (χ1v) is 9.34. The first kappa shape index (κ1) is 18.0. The van der Waals surface area contributed by atoms with Crippen LogP contribution < -0.4 is 5.32 Å². The van der Waals surface area contributed by atoms with Gasteiger partial charge in [-0.05, 0) is 25.1 Å². The quantitative estimate of drug-likeness (QED) is 0.515. The lowest BCUT2D eigenvalue weighted by Crippen LogP contribution is -2.22. The summed E-state index contributed by atoms with van der Waals surface area (Å²) in [6.07, 6.45) is 5.67. The number of aromatic nitrogens is 3. The molecule has 0 aliphatic heterocycles. The van der Waals surface area contributed by atoms with Gasteiger partial charge in [-0.1, -0.05) is 41.9 Å². The van der Waals surface area contributed by atoms with Crippen LogP contribution in [0.2, 0.25) is 5.02 Å². The van der Waals surface area contributed by atoms with Gasteiger partial charge >= 0.3 is 0 Å². The maximum Gasteiger partial charge on any atom is 0.101 e. The molecule has 0 saturated heterocycles. The molecule has 0 saturated carbocycles. The van der Waals surface area contributed by atoms with E-state index in [4.69, 9.17) is 16.9 Å². The fourth-order valence-electron chi connectivity index (χ4n) is 3.21. The zero-order valence-corrected chi connectivity index (χ0v) is 16.1. The van der Waals surface area contributed by atoms with Crippen molar-refractivity contribution in [2.75, 3.05) is 5.32 Å². The van der Waals surface area contributed by atoms with E-state index in [2.05, 4.69) is 40.5 Å². The number of rotatable bonds is 5. The van der Waals surface area contributed by atoms with Crippen LogP contribution in [-0.2, 0) is 6.54 Å². The zero-order valence-electron chi connectivity index (χ0n) is 15.3. The fourth-order valence-corrected chi connectivity index (χ4v) is 3.43. The molecular weight excluding hydrogens is 370 g/mol. The predicted molar refractivity (Wildman–Crippen MR) is 112 cm³/mol. The molecule has 0 bridgehead atoms. The summed E-state index contributed by atoms with van der Waals surface area (Å²) in [6.45, 7) is 2.81. The Morgan fingerprint density at radius 1 is 1.18 bits per heavy atom. The topological polar surface area (TPSA) is 66.5 Å². The largest absolute Gasteiger partial charge is 0.379 e. The highest BCUT2D eigenvalue weighted by Gasteiger charge is 2.10. The van der Waals surface area contributed by atoms with Crippen molar-refractivity contribution in [2.24, 2.45) is 0 Å². The van der Waals surface area contributed by atoms with Gasteiger partial charge in [0.05, 0.1) is 34.7 Å². The van der Waals surface area contributed by atoms with Gasteiger partial charge in [-0.3, -0.25) is 9.67 Å². The Morgan fingerprint density at radius 2 is 2.04 bits per heavy atom. The van der Waals surface area contributed by atoms with Gasteiger partial charge in [0.25, 0.3) is 0 Å². The molecule has 0 radical (unpaired) electrons. The van der Waals surface area contributed by atoms with Crippen LogP contribution in [-0.4, -0.2) is 20.8 Å². The van der Waals surface area contributed by atoms with Crippen LogP contribution in [0.15, 0.2) is 67.1 Å². The maximum absolute atomic E-state index is 9.00. The lowest BCUT2D eigenvalue weighted by Gasteiger charge is -2.16. The van der Waals surface area contributed by atoms with Crippen molar-refractivity contribution in [3.8, 4) is 17.3 Å². The minimum Gasteiger partial charge on any atom is -0.379 e. The molecule has 28 heavy (non-hydrogen) atoms. The van der Waals surface area contributed by atoms with Gasteiger partial charge in [-0.2, -0.15) is 10.4 Å². The smallest absolute Gasteiger partial charge is 0.101 e. The van der Waals surface area contributed by atoms with Gasteiger partial charge in [0.15, 0.2) is 0 Å². The van der Waals surface area contributed by atoms with Crippen molar-refractivity contribution in [3.05, 3.63) is 77.7 Å². The Hall–Kier alpha value is -3.36. The van der Waals surface area contributed by atoms with Gasteiger partial charge in [0.1, 0.15) is 6.07 Å². The normalized spacial score (nSPS) is 11.9. The van der Waals surface area contributed by atoms with Crippen molar-refractivity contribution < 1.29 is 0 Å². The third-order valence-electron chi connectivity index (χ3n) is 4.56. The number of halogens is 1. The van der Waals surface area contributed by atoms with E-state index in [1.165, 1.54) is 0 Å². The highest BCUT2D eigenvalue weighted by Crippen LogP contribution is 2.25.